The Morgan fingerprint density at radius 1 is 1.46 bits per heavy atom. The molecule has 1 heterocycles. The summed E-state index contributed by atoms with van der Waals surface area (Å²) in [4.78, 5) is 1.87. The summed E-state index contributed by atoms with van der Waals surface area (Å²) >= 11 is 0. The lowest BCUT2D eigenvalue weighted by Crippen LogP contribution is -2.51. The van der Waals surface area contributed by atoms with E-state index in [2.05, 4.69) is 12.2 Å². The summed E-state index contributed by atoms with van der Waals surface area (Å²) in [6, 6.07) is 0.262. The molecule has 3 unspecified atom stereocenters. The Hall–Kier alpha value is -0.120. The second kappa shape index (κ2) is 4.94. The topological polar surface area (TPSA) is 35.5 Å². The molecule has 13 heavy (non-hydrogen) atoms. The minimum atomic E-state index is -0.335. The number of hydrogen-bond donors (Lipinski definition) is 2. The molecule has 78 valence electrons. The fourth-order valence-electron chi connectivity index (χ4n) is 1.90. The minimum Gasteiger partial charge on any atom is -0.377 e. The summed E-state index contributed by atoms with van der Waals surface area (Å²) in [6.45, 7) is 3.29. The second-order valence-electron chi connectivity index (χ2n) is 4.24. The van der Waals surface area contributed by atoms with Gasteiger partial charge in [-0.2, -0.15) is 0 Å². The molecule has 2 N–H and O–H groups in total. The molecular formula is C10H22N2O. The van der Waals surface area contributed by atoms with Gasteiger partial charge in [-0.3, -0.25) is 4.90 Å². The van der Waals surface area contributed by atoms with Crippen molar-refractivity contribution in [1.82, 2.24) is 10.2 Å². The van der Waals surface area contributed by atoms with Gasteiger partial charge in [0.05, 0.1) is 0 Å². The van der Waals surface area contributed by atoms with Crippen LogP contribution in [-0.2, 0) is 0 Å². The SMILES string of the molecule is CCC1CCC(C(O)N(C)C)NC1. The smallest absolute Gasteiger partial charge is 0.122 e. The zero-order valence-corrected chi connectivity index (χ0v) is 8.95. The average Bonchev–Trinajstić information content (AvgIpc) is 2.17. The number of aliphatic hydroxyl groups excluding tert-OH is 1. The Balaban J connectivity index is 2.32. The second-order valence-corrected chi connectivity index (χ2v) is 4.24. The van der Waals surface area contributed by atoms with Crippen LogP contribution in [0.1, 0.15) is 26.2 Å². The lowest BCUT2D eigenvalue weighted by Gasteiger charge is -2.34. The zero-order chi connectivity index (χ0) is 9.84. The molecule has 0 aliphatic carbocycles. The van der Waals surface area contributed by atoms with E-state index in [9.17, 15) is 5.11 Å². The Kier molecular flexibility index (Phi) is 4.16. The summed E-state index contributed by atoms with van der Waals surface area (Å²) in [5.74, 6) is 0.811. The highest BCUT2D eigenvalue weighted by atomic mass is 16.3. The van der Waals surface area contributed by atoms with E-state index in [0.29, 0.717) is 0 Å². The number of aliphatic hydroxyl groups is 1. The minimum absolute atomic E-state index is 0.262. The van der Waals surface area contributed by atoms with E-state index >= 15 is 0 Å². The highest BCUT2D eigenvalue weighted by molar-refractivity contribution is 4.81. The maximum Gasteiger partial charge on any atom is 0.122 e. The van der Waals surface area contributed by atoms with Crippen molar-refractivity contribution in [3.8, 4) is 0 Å². The standard InChI is InChI=1S/C10H22N2O/c1-4-8-5-6-9(11-7-8)10(13)12(2)3/h8-11,13H,4-7H2,1-3H3. The van der Waals surface area contributed by atoms with Gasteiger partial charge in [-0.15, -0.1) is 0 Å². The van der Waals surface area contributed by atoms with Gasteiger partial charge >= 0.3 is 0 Å². The van der Waals surface area contributed by atoms with E-state index in [1.54, 1.807) is 0 Å². The molecule has 0 aromatic rings. The lowest BCUT2D eigenvalue weighted by molar-refractivity contribution is -0.00452. The van der Waals surface area contributed by atoms with Gasteiger partial charge in [-0.05, 0) is 39.4 Å². The van der Waals surface area contributed by atoms with Gasteiger partial charge in [0.2, 0.25) is 0 Å². The number of rotatable bonds is 3. The number of nitrogens with one attached hydrogen (secondary N) is 1. The first-order valence-corrected chi connectivity index (χ1v) is 5.23. The monoisotopic (exact) mass is 186 g/mol. The molecule has 3 heteroatoms. The fourth-order valence-corrected chi connectivity index (χ4v) is 1.90. The van der Waals surface area contributed by atoms with Crippen molar-refractivity contribution in [2.75, 3.05) is 20.6 Å². The third kappa shape index (κ3) is 2.93. The van der Waals surface area contributed by atoms with Crippen molar-refractivity contribution in [1.29, 1.82) is 0 Å². The third-order valence-corrected chi connectivity index (χ3v) is 3.02. The van der Waals surface area contributed by atoms with E-state index < -0.39 is 0 Å². The van der Waals surface area contributed by atoms with Crippen molar-refractivity contribution in [3.05, 3.63) is 0 Å². The van der Waals surface area contributed by atoms with Crippen LogP contribution in [0.25, 0.3) is 0 Å². The van der Waals surface area contributed by atoms with Crippen molar-refractivity contribution in [3.63, 3.8) is 0 Å². The van der Waals surface area contributed by atoms with Crippen LogP contribution >= 0.6 is 0 Å². The van der Waals surface area contributed by atoms with Crippen LogP contribution in [0.15, 0.2) is 0 Å². The van der Waals surface area contributed by atoms with Crippen LogP contribution in [0, 0.1) is 5.92 Å². The quantitative estimate of drug-likeness (QED) is 0.635. The summed E-state index contributed by atoms with van der Waals surface area (Å²) < 4.78 is 0. The third-order valence-electron chi connectivity index (χ3n) is 3.02. The number of hydrogen-bond acceptors (Lipinski definition) is 3. The zero-order valence-electron chi connectivity index (χ0n) is 8.95. The normalized spacial score (nSPS) is 32.1. The van der Waals surface area contributed by atoms with E-state index in [0.717, 1.165) is 18.9 Å². The first-order valence-electron chi connectivity index (χ1n) is 5.23. The largest absolute Gasteiger partial charge is 0.377 e. The highest BCUT2D eigenvalue weighted by Gasteiger charge is 2.25. The lowest BCUT2D eigenvalue weighted by atomic mass is 9.92. The fraction of sp³-hybridized carbons (Fsp3) is 1.00. The Morgan fingerprint density at radius 2 is 2.15 bits per heavy atom. The number of piperidine rings is 1. The molecule has 3 nitrogen and oxygen atoms in total. The average molecular weight is 186 g/mol. The summed E-state index contributed by atoms with van der Waals surface area (Å²) in [6.07, 6.45) is 3.26. The number of nitrogens with zero attached hydrogens (tertiary/aromatic N) is 1. The van der Waals surface area contributed by atoms with Gasteiger partial charge < -0.3 is 10.4 Å². The van der Waals surface area contributed by atoms with Crippen LogP contribution in [0.3, 0.4) is 0 Å². The van der Waals surface area contributed by atoms with Crippen molar-refractivity contribution < 1.29 is 5.11 Å². The van der Waals surface area contributed by atoms with Gasteiger partial charge in [-0.25, -0.2) is 0 Å². The first-order chi connectivity index (χ1) is 6.15. The molecule has 0 saturated carbocycles. The van der Waals surface area contributed by atoms with Crippen LogP contribution < -0.4 is 5.32 Å². The summed E-state index contributed by atoms with van der Waals surface area (Å²) in [5.41, 5.74) is 0. The van der Waals surface area contributed by atoms with Gasteiger partial charge in [-0.1, -0.05) is 13.3 Å². The highest BCUT2D eigenvalue weighted by Crippen LogP contribution is 2.19. The van der Waals surface area contributed by atoms with Crippen LogP contribution in [0.5, 0.6) is 0 Å². The van der Waals surface area contributed by atoms with E-state index in [-0.39, 0.29) is 12.3 Å². The summed E-state index contributed by atoms with van der Waals surface area (Å²) in [5, 5.41) is 13.2. The molecule has 0 radical (unpaired) electrons. The molecule has 1 saturated heterocycles. The molecule has 1 fully saturated rings. The van der Waals surface area contributed by atoms with E-state index in [1.807, 2.05) is 19.0 Å². The van der Waals surface area contributed by atoms with E-state index in [1.165, 1.54) is 12.8 Å². The van der Waals surface area contributed by atoms with Crippen molar-refractivity contribution >= 4 is 0 Å². The molecule has 1 aliphatic heterocycles. The number of likely N-dealkylation sites (N-methyl/N-ethyl adjacent to an activating group) is 1. The van der Waals surface area contributed by atoms with Gasteiger partial charge in [0.1, 0.15) is 6.23 Å². The Labute approximate surface area is 81.1 Å². The maximum atomic E-state index is 9.77. The van der Waals surface area contributed by atoms with Gasteiger partial charge in [0, 0.05) is 6.04 Å². The van der Waals surface area contributed by atoms with Crippen LogP contribution in [0.4, 0.5) is 0 Å². The first kappa shape index (κ1) is 11.0. The maximum absolute atomic E-state index is 9.77. The van der Waals surface area contributed by atoms with Crippen LogP contribution in [0.2, 0.25) is 0 Å². The molecule has 0 aromatic carbocycles. The van der Waals surface area contributed by atoms with Crippen molar-refractivity contribution in [2.24, 2.45) is 5.92 Å². The molecule has 0 amide bonds. The van der Waals surface area contributed by atoms with E-state index in [4.69, 9.17) is 0 Å². The van der Waals surface area contributed by atoms with Crippen molar-refractivity contribution in [2.45, 2.75) is 38.5 Å². The van der Waals surface area contributed by atoms with Gasteiger partial charge in [0.25, 0.3) is 0 Å². The molecule has 3 atom stereocenters. The molecule has 1 rings (SSSR count). The Bertz CT molecular complexity index is 142. The molecule has 0 aromatic heterocycles. The predicted molar refractivity (Wildman–Crippen MR) is 54.5 cm³/mol. The molecular weight excluding hydrogens is 164 g/mol. The van der Waals surface area contributed by atoms with Gasteiger partial charge in [0.15, 0.2) is 0 Å². The molecule has 0 bridgehead atoms. The molecule has 1 aliphatic rings. The predicted octanol–water partition coefficient (Wildman–Crippen LogP) is 0.645. The summed E-state index contributed by atoms with van der Waals surface area (Å²) in [7, 11) is 3.83. The molecule has 0 spiro atoms. The Morgan fingerprint density at radius 3 is 2.54 bits per heavy atom. The van der Waals surface area contributed by atoms with Crippen LogP contribution in [-0.4, -0.2) is 42.9 Å².